The van der Waals surface area contributed by atoms with Gasteiger partial charge in [0.2, 0.25) is 10.0 Å². The van der Waals surface area contributed by atoms with Gasteiger partial charge < -0.3 is 14.8 Å². The SMILES string of the molecule is CCN(CC)S(=O)(=O)c1cccc(NC(=O)COC(=O)C2CCOCC2)c1. The van der Waals surface area contributed by atoms with E-state index in [4.69, 9.17) is 9.47 Å². The summed E-state index contributed by atoms with van der Waals surface area (Å²) >= 11 is 0. The third-order valence-electron chi connectivity index (χ3n) is 4.36. The summed E-state index contributed by atoms with van der Waals surface area (Å²) in [5, 5.41) is 2.56. The molecule has 1 N–H and O–H groups in total. The van der Waals surface area contributed by atoms with Gasteiger partial charge >= 0.3 is 5.97 Å². The van der Waals surface area contributed by atoms with Crippen molar-refractivity contribution in [2.75, 3.05) is 38.2 Å². The first-order valence-electron chi connectivity index (χ1n) is 9.03. The largest absolute Gasteiger partial charge is 0.455 e. The molecule has 0 aliphatic carbocycles. The van der Waals surface area contributed by atoms with Crippen LogP contribution in [0.1, 0.15) is 26.7 Å². The zero-order valence-corrected chi connectivity index (χ0v) is 16.5. The highest BCUT2D eigenvalue weighted by molar-refractivity contribution is 7.89. The van der Waals surface area contributed by atoms with Crippen LogP contribution in [-0.2, 0) is 29.1 Å². The fourth-order valence-electron chi connectivity index (χ4n) is 2.83. The number of benzene rings is 1. The monoisotopic (exact) mass is 398 g/mol. The van der Waals surface area contributed by atoms with Gasteiger partial charge in [-0.3, -0.25) is 9.59 Å². The van der Waals surface area contributed by atoms with Crippen molar-refractivity contribution in [3.05, 3.63) is 24.3 Å². The van der Waals surface area contributed by atoms with Crippen molar-refractivity contribution >= 4 is 27.6 Å². The Balaban J connectivity index is 1.95. The van der Waals surface area contributed by atoms with Crippen LogP contribution in [0.4, 0.5) is 5.69 Å². The maximum atomic E-state index is 12.6. The fourth-order valence-corrected chi connectivity index (χ4v) is 4.34. The number of hydrogen-bond acceptors (Lipinski definition) is 6. The number of sulfonamides is 1. The number of nitrogens with one attached hydrogen (secondary N) is 1. The number of nitrogens with zero attached hydrogens (tertiary/aromatic N) is 1. The fraction of sp³-hybridized carbons (Fsp3) is 0.556. The van der Waals surface area contributed by atoms with E-state index in [1.54, 1.807) is 26.0 Å². The Morgan fingerprint density at radius 2 is 1.89 bits per heavy atom. The van der Waals surface area contributed by atoms with E-state index in [1.165, 1.54) is 16.4 Å². The Hall–Kier alpha value is -1.97. The Labute approximate surface area is 159 Å². The van der Waals surface area contributed by atoms with Gasteiger partial charge in [-0.25, -0.2) is 8.42 Å². The molecule has 1 heterocycles. The summed E-state index contributed by atoms with van der Waals surface area (Å²) in [6, 6.07) is 6.01. The number of ether oxygens (including phenoxy) is 2. The summed E-state index contributed by atoms with van der Waals surface area (Å²) in [5.41, 5.74) is 0.329. The first-order chi connectivity index (χ1) is 12.9. The molecule has 0 saturated carbocycles. The molecular formula is C18H26N2O6S. The summed E-state index contributed by atoms with van der Waals surface area (Å²) in [5.74, 6) is -1.17. The van der Waals surface area contributed by atoms with Crippen molar-refractivity contribution in [2.45, 2.75) is 31.6 Å². The van der Waals surface area contributed by atoms with Gasteiger partial charge in [0.1, 0.15) is 0 Å². The van der Waals surface area contributed by atoms with Gasteiger partial charge in [-0.2, -0.15) is 4.31 Å². The molecule has 8 nitrogen and oxygen atoms in total. The maximum absolute atomic E-state index is 12.6. The molecule has 0 unspecified atom stereocenters. The molecule has 150 valence electrons. The predicted octanol–water partition coefficient (Wildman–Crippen LogP) is 1.63. The van der Waals surface area contributed by atoms with E-state index in [2.05, 4.69) is 5.32 Å². The molecule has 1 fully saturated rings. The molecule has 2 rings (SSSR count). The number of carbonyl (C=O) groups excluding carboxylic acids is 2. The predicted molar refractivity (Wildman–Crippen MR) is 99.7 cm³/mol. The normalized spacial score (nSPS) is 15.5. The number of hydrogen-bond donors (Lipinski definition) is 1. The van der Waals surface area contributed by atoms with Gasteiger partial charge in [0, 0.05) is 32.0 Å². The first kappa shape index (κ1) is 21.3. The van der Waals surface area contributed by atoms with E-state index in [-0.39, 0.29) is 10.8 Å². The van der Waals surface area contributed by atoms with E-state index in [9.17, 15) is 18.0 Å². The van der Waals surface area contributed by atoms with Crippen LogP contribution in [0.15, 0.2) is 29.2 Å². The van der Waals surface area contributed by atoms with Crippen LogP contribution in [-0.4, -0.2) is 57.5 Å². The molecular weight excluding hydrogens is 372 g/mol. The molecule has 1 saturated heterocycles. The van der Waals surface area contributed by atoms with Gasteiger partial charge in [0.15, 0.2) is 6.61 Å². The van der Waals surface area contributed by atoms with Gasteiger partial charge in [-0.15, -0.1) is 0 Å². The van der Waals surface area contributed by atoms with Crippen LogP contribution in [0, 0.1) is 5.92 Å². The molecule has 0 bridgehead atoms. The molecule has 1 aliphatic rings. The van der Waals surface area contributed by atoms with Crippen LogP contribution < -0.4 is 5.32 Å². The minimum atomic E-state index is -3.61. The van der Waals surface area contributed by atoms with E-state index < -0.39 is 28.5 Å². The van der Waals surface area contributed by atoms with E-state index in [0.717, 1.165) is 0 Å². The number of amides is 1. The first-order valence-corrected chi connectivity index (χ1v) is 10.5. The van der Waals surface area contributed by atoms with Crippen LogP contribution in [0.2, 0.25) is 0 Å². The summed E-state index contributed by atoms with van der Waals surface area (Å²) in [4.78, 5) is 24.1. The van der Waals surface area contributed by atoms with Gasteiger partial charge in [-0.1, -0.05) is 19.9 Å². The zero-order chi connectivity index (χ0) is 19.9. The third kappa shape index (κ3) is 5.75. The standard InChI is InChI=1S/C18H26N2O6S/c1-3-20(4-2)27(23,24)16-7-5-6-15(12-16)19-17(21)13-26-18(22)14-8-10-25-11-9-14/h5-7,12,14H,3-4,8-11,13H2,1-2H3,(H,19,21). The molecule has 1 aromatic carbocycles. The zero-order valence-electron chi connectivity index (χ0n) is 15.6. The summed E-state index contributed by atoms with van der Waals surface area (Å²) < 4.78 is 36.7. The van der Waals surface area contributed by atoms with Crippen molar-refractivity contribution in [1.82, 2.24) is 4.31 Å². The smallest absolute Gasteiger partial charge is 0.309 e. The molecule has 0 spiro atoms. The molecule has 27 heavy (non-hydrogen) atoms. The molecule has 1 aliphatic heterocycles. The summed E-state index contributed by atoms with van der Waals surface area (Å²) in [6.07, 6.45) is 1.18. The average molecular weight is 398 g/mol. The maximum Gasteiger partial charge on any atom is 0.309 e. The molecule has 0 radical (unpaired) electrons. The Kier molecular flexibility index (Phi) is 7.76. The second-order valence-corrected chi connectivity index (χ2v) is 8.10. The minimum Gasteiger partial charge on any atom is -0.455 e. The lowest BCUT2D eigenvalue weighted by atomic mass is 10.0. The molecule has 9 heteroatoms. The van der Waals surface area contributed by atoms with Crippen molar-refractivity contribution < 1.29 is 27.5 Å². The quantitative estimate of drug-likeness (QED) is 0.668. The van der Waals surface area contributed by atoms with E-state index in [1.807, 2.05) is 0 Å². The second-order valence-electron chi connectivity index (χ2n) is 6.16. The third-order valence-corrected chi connectivity index (χ3v) is 6.41. The molecule has 0 aromatic heterocycles. The number of anilines is 1. The molecule has 0 atom stereocenters. The molecule has 1 amide bonds. The van der Waals surface area contributed by atoms with Crippen LogP contribution >= 0.6 is 0 Å². The molecule has 1 aromatic rings. The highest BCUT2D eigenvalue weighted by atomic mass is 32.2. The van der Waals surface area contributed by atoms with Crippen molar-refractivity contribution in [3.63, 3.8) is 0 Å². The lowest BCUT2D eigenvalue weighted by Gasteiger charge is -2.20. The minimum absolute atomic E-state index is 0.100. The van der Waals surface area contributed by atoms with Gasteiger partial charge in [0.25, 0.3) is 5.91 Å². The van der Waals surface area contributed by atoms with Crippen LogP contribution in [0.25, 0.3) is 0 Å². The number of esters is 1. The van der Waals surface area contributed by atoms with Crippen molar-refractivity contribution in [2.24, 2.45) is 5.92 Å². The Morgan fingerprint density at radius 3 is 2.52 bits per heavy atom. The average Bonchev–Trinajstić information content (AvgIpc) is 2.67. The Bertz CT molecular complexity index is 755. The summed E-state index contributed by atoms with van der Waals surface area (Å²) in [6.45, 7) is 4.86. The van der Waals surface area contributed by atoms with Crippen molar-refractivity contribution in [3.8, 4) is 0 Å². The highest BCUT2D eigenvalue weighted by Crippen LogP contribution is 2.20. The number of rotatable bonds is 8. The second kappa shape index (κ2) is 9.82. The lowest BCUT2D eigenvalue weighted by Crippen LogP contribution is -2.30. The van der Waals surface area contributed by atoms with Crippen LogP contribution in [0.5, 0.6) is 0 Å². The topological polar surface area (TPSA) is 102 Å². The summed E-state index contributed by atoms with van der Waals surface area (Å²) in [7, 11) is -3.61. The number of carbonyl (C=O) groups is 2. The van der Waals surface area contributed by atoms with Crippen molar-refractivity contribution in [1.29, 1.82) is 0 Å². The van der Waals surface area contributed by atoms with Gasteiger partial charge in [0.05, 0.1) is 10.8 Å². The van der Waals surface area contributed by atoms with E-state index in [0.29, 0.717) is 44.8 Å². The van der Waals surface area contributed by atoms with Gasteiger partial charge in [-0.05, 0) is 31.0 Å². The van der Waals surface area contributed by atoms with Crippen LogP contribution in [0.3, 0.4) is 0 Å². The van der Waals surface area contributed by atoms with E-state index >= 15 is 0 Å². The highest BCUT2D eigenvalue weighted by Gasteiger charge is 2.24. The Morgan fingerprint density at radius 1 is 1.22 bits per heavy atom. The lowest BCUT2D eigenvalue weighted by molar-refractivity contribution is -0.154.